The van der Waals surface area contributed by atoms with E-state index in [0.29, 0.717) is 11.1 Å². The zero-order chi connectivity index (χ0) is 24.4. The summed E-state index contributed by atoms with van der Waals surface area (Å²) in [5.41, 5.74) is -0.663. The van der Waals surface area contributed by atoms with E-state index in [4.69, 9.17) is 9.47 Å². The summed E-state index contributed by atoms with van der Waals surface area (Å²) >= 11 is 0.776. The Labute approximate surface area is 190 Å². The molecule has 174 valence electrons. The normalized spacial score (nSPS) is 11.7. The van der Waals surface area contributed by atoms with Crippen molar-refractivity contribution in [3.05, 3.63) is 47.4 Å². The fraction of sp³-hybridized carbons (Fsp3) is 0.286. The second-order valence-corrected chi connectivity index (χ2v) is 8.59. The predicted molar refractivity (Wildman–Crippen MR) is 115 cm³/mol. The minimum Gasteiger partial charge on any atom is -0.465 e. The molecule has 0 aliphatic carbocycles. The Morgan fingerprint density at radius 2 is 1.79 bits per heavy atom. The van der Waals surface area contributed by atoms with E-state index in [1.54, 1.807) is 20.8 Å². The van der Waals surface area contributed by atoms with E-state index in [-0.39, 0.29) is 22.0 Å². The van der Waals surface area contributed by atoms with Crippen LogP contribution in [0.2, 0.25) is 0 Å². The molecule has 0 aliphatic rings. The number of nitrogens with one attached hydrogen (secondary N) is 1. The molecule has 33 heavy (non-hydrogen) atoms. The molecule has 1 amide bonds. The van der Waals surface area contributed by atoms with Crippen LogP contribution in [0.3, 0.4) is 0 Å². The minimum absolute atomic E-state index is 0.0374. The molecule has 0 aliphatic heterocycles. The van der Waals surface area contributed by atoms with Gasteiger partial charge in [-0.25, -0.2) is 19.6 Å². The van der Waals surface area contributed by atoms with Crippen molar-refractivity contribution >= 4 is 29.2 Å². The summed E-state index contributed by atoms with van der Waals surface area (Å²) in [5.74, 6) is -0.584. The molecule has 1 N–H and O–H groups in total. The van der Waals surface area contributed by atoms with Gasteiger partial charge in [-0.15, -0.1) is 11.3 Å². The first-order valence-corrected chi connectivity index (χ1v) is 10.3. The summed E-state index contributed by atoms with van der Waals surface area (Å²) in [6.07, 6.45) is -1.34. The first kappa shape index (κ1) is 24.1. The van der Waals surface area contributed by atoms with Crippen LogP contribution >= 0.6 is 11.3 Å². The number of ether oxygens (including phenoxy) is 2. The molecule has 0 unspecified atom stereocenters. The van der Waals surface area contributed by atoms with Crippen molar-refractivity contribution in [3.8, 4) is 21.7 Å². The first-order chi connectivity index (χ1) is 15.4. The number of hydrogen-bond acceptors (Lipinski definition) is 8. The molecular weight excluding hydrogens is 461 g/mol. The van der Waals surface area contributed by atoms with Gasteiger partial charge in [0.2, 0.25) is 0 Å². The number of thiazole rings is 1. The van der Waals surface area contributed by atoms with Crippen LogP contribution in [0.1, 0.15) is 36.8 Å². The van der Waals surface area contributed by atoms with Gasteiger partial charge >= 0.3 is 18.2 Å². The van der Waals surface area contributed by atoms with Gasteiger partial charge in [0.05, 0.1) is 12.7 Å². The number of carbonyl (C=O) groups excluding carboxylic acids is 2. The Kier molecular flexibility index (Phi) is 6.68. The lowest BCUT2D eigenvalue weighted by molar-refractivity contribution is -0.140. The Balaban J connectivity index is 2.09. The maximum atomic E-state index is 13.1. The second-order valence-electron chi connectivity index (χ2n) is 7.73. The van der Waals surface area contributed by atoms with E-state index in [1.165, 1.54) is 37.8 Å². The molecule has 0 saturated carbocycles. The number of nitrogens with zero attached hydrogens (tertiary/aromatic N) is 3. The van der Waals surface area contributed by atoms with E-state index >= 15 is 0 Å². The molecule has 0 saturated heterocycles. The van der Waals surface area contributed by atoms with Crippen molar-refractivity contribution in [2.45, 2.75) is 32.5 Å². The monoisotopic (exact) mass is 480 g/mol. The van der Waals surface area contributed by atoms with Crippen LogP contribution < -0.4 is 5.32 Å². The lowest BCUT2D eigenvalue weighted by Gasteiger charge is -2.19. The van der Waals surface area contributed by atoms with Gasteiger partial charge in [-0.05, 0) is 32.9 Å². The number of amides is 1. The van der Waals surface area contributed by atoms with Crippen molar-refractivity contribution < 1.29 is 32.2 Å². The number of halogens is 3. The Morgan fingerprint density at radius 3 is 2.39 bits per heavy atom. The van der Waals surface area contributed by atoms with E-state index < -0.39 is 29.5 Å². The summed E-state index contributed by atoms with van der Waals surface area (Å²) < 4.78 is 49.3. The predicted octanol–water partition coefficient (Wildman–Crippen LogP) is 5.42. The van der Waals surface area contributed by atoms with E-state index in [1.807, 2.05) is 0 Å². The average Bonchev–Trinajstić information content (AvgIpc) is 3.22. The van der Waals surface area contributed by atoms with Crippen molar-refractivity contribution in [1.29, 1.82) is 0 Å². The smallest absolute Gasteiger partial charge is 0.434 e. The molecule has 3 rings (SSSR count). The molecular formula is C21H19F3N4O4S. The van der Waals surface area contributed by atoms with Crippen LogP contribution in [0, 0.1) is 0 Å². The van der Waals surface area contributed by atoms with Gasteiger partial charge in [-0.3, -0.25) is 10.3 Å². The number of carbonyl (C=O) groups is 2. The van der Waals surface area contributed by atoms with Gasteiger partial charge in [-0.2, -0.15) is 13.2 Å². The quantitative estimate of drug-likeness (QED) is 0.497. The zero-order valence-electron chi connectivity index (χ0n) is 18.0. The summed E-state index contributed by atoms with van der Waals surface area (Å²) in [6, 6.07) is 2.85. The first-order valence-electron chi connectivity index (χ1n) is 9.44. The summed E-state index contributed by atoms with van der Waals surface area (Å²) in [7, 11) is 1.22. The maximum Gasteiger partial charge on any atom is 0.434 e. The molecule has 12 heteroatoms. The summed E-state index contributed by atoms with van der Waals surface area (Å²) in [4.78, 5) is 35.9. The Hall–Kier alpha value is -3.54. The lowest BCUT2D eigenvalue weighted by atomic mass is 10.0. The molecule has 0 atom stereocenters. The molecule has 0 fully saturated rings. The largest absolute Gasteiger partial charge is 0.465 e. The molecule has 0 aromatic carbocycles. The minimum atomic E-state index is -4.62. The van der Waals surface area contributed by atoms with Gasteiger partial charge in [0.15, 0.2) is 5.69 Å². The number of pyridine rings is 2. The fourth-order valence-electron chi connectivity index (χ4n) is 2.68. The van der Waals surface area contributed by atoms with Crippen molar-refractivity contribution in [1.82, 2.24) is 15.0 Å². The number of esters is 1. The van der Waals surface area contributed by atoms with Gasteiger partial charge < -0.3 is 9.47 Å². The highest BCUT2D eigenvalue weighted by atomic mass is 32.1. The summed E-state index contributed by atoms with van der Waals surface area (Å²) in [6.45, 7) is 5.05. The SMILES string of the molecule is COC(=O)c1cncc(-c2cnc(NC(=O)OC(C)(C)C)cc2-c2nc(C(F)(F)F)cs2)c1. The number of rotatable bonds is 4. The summed E-state index contributed by atoms with van der Waals surface area (Å²) in [5, 5.41) is 3.39. The van der Waals surface area contributed by atoms with Gasteiger partial charge in [0, 0.05) is 40.7 Å². The lowest BCUT2D eigenvalue weighted by Crippen LogP contribution is -2.27. The van der Waals surface area contributed by atoms with Gasteiger partial charge in [-0.1, -0.05) is 0 Å². The topological polar surface area (TPSA) is 103 Å². The average molecular weight is 480 g/mol. The van der Waals surface area contributed by atoms with E-state index in [0.717, 1.165) is 16.7 Å². The number of aromatic nitrogens is 3. The molecule has 3 aromatic heterocycles. The van der Waals surface area contributed by atoms with Gasteiger partial charge in [0.1, 0.15) is 16.4 Å². The van der Waals surface area contributed by atoms with Crippen LogP contribution in [0.5, 0.6) is 0 Å². The Bertz CT molecular complexity index is 1190. The highest BCUT2D eigenvalue weighted by Crippen LogP contribution is 2.38. The van der Waals surface area contributed by atoms with Gasteiger partial charge in [0.25, 0.3) is 0 Å². The van der Waals surface area contributed by atoms with Crippen molar-refractivity contribution in [2.24, 2.45) is 0 Å². The second kappa shape index (κ2) is 9.14. The molecule has 0 bridgehead atoms. The highest BCUT2D eigenvalue weighted by Gasteiger charge is 2.34. The third kappa shape index (κ3) is 6.04. The van der Waals surface area contributed by atoms with Crippen LogP contribution in [0.15, 0.2) is 36.1 Å². The van der Waals surface area contributed by atoms with Crippen molar-refractivity contribution in [2.75, 3.05) is 12.4 Å². The van der Waals surface area contributed by atoms with E-state index in [2.05, 4.69) is 20.3 Å². The number of methoxy groups -OCH3 is 1. The number of alkyl halides is 3. The van der Waals surface area contributed by atoms with Crippen LogP contribution in [-0.2, 0) is 15.7 Å². The molecule has 3 aromatic rings. The van der Waals surface area contributed by atoms with Crippen LogP contribution in [-0.4, -0.2) is 39.7 Å². The molecule has 0 spiro atoms. The van der Waals surface area contributed by atoms with Crippen molar-refractivity contribution in [3.63, 3.8) is 0 Å². The third-order valence-corrected chi connectivity index (χ3v) is 4.90. The standard InChI is InChI=1S/C21H19F3N4O4S/c1-20(2,3)32-19(30)28-16-6-13(17-27-15(10-33-17)21(22,23)24)14(9-26-16)11-5-12(8-25-7-11)18(29)31-4/h5-10H,1-4H3,(H,26,28,30). The van der Waals surface area contributed by atoms with Crippen LogP contribution in [0.4, 0.5) is 23.8 Å². The highest BCUT2D eigenvalue weighted by molar-refractivity contribution is 7.13. The number of hydrogen-bond donors (Lipinski definition) is 1. The third-order valence-electron chi connectivity index (χ3n) is 4.03. The molecule has 0 radical (unpaired) electrons. The number of anilines is 1. The fourth-order valence-corrected chi connectivity index (χ4v) is 3.54. The Morgan fingerprint density at radius 1 is 1.06 bits per heavy atom. The maximum absolute atomic E-state index is 13.1. The molecule has 3 heterocycles. The van der Waals surface area contributed by atoms with E-state index in [9.17, 15) is 22.8 Å². The van der Waals surface area contributed by atoms with Crippen LogP contribution in [0.25, 0.3) is 21.7 Å². The zero-order valence-corrected chi connectivity index (χ0v) is 18.8. The molecule has 8 nitrogen and oxygen atoms in total.